The topological polar surface area (TPSA) is 56.4 Å². The Labute approximate surface area is 178 Å². The Hall–Kier alpha value is -2.30. The Balaban J connectivity index is 1.28. The van der Waals surface area contributed by atoms with E-state index in [1.807, 2.05) is 17.0 Å². The molecular formula is C25H33N3O2. The number of piperidine rings is 2. The van der Waals surface area contributed by atoms with Crippen LogP contribution in [0.1, 0.15) is 67.1 Å². The quantitative estimate of drug-likeness (QED) is 0.831. The molecule has 3 heterocycles. The van der Waals surface area contributed by atoms with Crippen LogP contribution in [0.2, 0.25) is 0 Å². The Morgan fingerprint density at radius 3 is 2.73 bits per heavy atom. The van der Waals surface area contributed by atoms with Crippen molar-refractivity contribution in [3.63, 3.8) is 0 Å². The number of carbonyl (C=O) groups is 2. The predicted octanol–water partition coefficient (Wildman–Crippen LogP) is 4.16. The number of H-pyrrole nitrogens is 1. The van der Waals surface area contributed by atoms with E-state index in [-0.39, 0.29) is 5.91 Å². The van der Waals surface area contributed by atoms with Crippen molar-refractivity contribution >= 4 is 22.7 Å². The number of hydrogen-bond acceptors (Lipinski definition) is 2. The first-order chi connectivity index (χ1) is 14.6. The zero-order valence-electron chi connectivity index (χ0n) is 18.1. The first-order valence-corrected chi connectivity index (χ1v) is 11.8. The van der Waals surface area contributed by atoms with Crippen molar-refractivity contribution in [1.29, 1.82) is 0 Å². The zero-order valence-corrected chi connectivity index (χ0v) is 18.1. The van der Waals surface area contributed by atoms with E-state index >= 15 is 0 Å². The Morgan fingerprint density at radius 2 is 1.93 bits per heavy atom. The van der Waals surface area contributed by atoms with Crippen LogP contribution < -0.4 is 0 Å². The van der Waals surface area contributed by atoms with Gasteiger partial charge in [-0.2, -0.15) is 0 Å². The molecule has 3 aliphatic rings. The van der Waals surface area contributed by atoms with Crippen molar-refractivity contribution < 1.29 is 9.59 Å². The lowest BCUT2D eigenvalue weighted by atomic mass is 9.87. The molecule has 5 rings (SSSR count). The van der Waals surface area contributed by atoms with Crippen LogP contribution in [0.3, 0.4) is 0 Å². The van der Waals surface area contributed by atoms with Crippen LogP contribution in [0.15, 0.2) is 18.2 Å². The Morgan fingerprint density at radius 1 is 1.10 bits per heavy atom. The Bertz CT molecular complexity index is 955. The van der Waals surface area contributed by atoms with Crippen molar-refractivity contribution in [2.75, 3.05) is 26.2 Å². The lowest BCUT2D eigenvalue weighted by molar-refractivity contribution is -0.134. The third-order valence-electron chi connectivity index (χ3n) is 7.50. The van der Waals surface area contributed by atoms with Gasteiger partial charge in [-0.25, -0.2) is 0 Å². The van der Waals surface area contributed by atoms with E-state index in [1.54, 1.807) is 0 Å². The molecule has 2 amide bonds. The summed E-state index contributed by atoms with van der Waals surface area (Å²) in [6, 6.07) is 6.19. The average Bonchev–Trinajstić information content (AvgIpc) is 3.13. The maximum atomic E-state index is 13.4. The summed E-state index contributed by atoms with van der Waals surface area (Å²) >= 11 is 0. The van der Waals surface area contributed by atoms with Crippen molar-refractivity contribution in [3.05, 3.63) is 35.0 Å². The standard InChI is InChI=1S/C25H33N3O2/c1-17-8-9-22-21(15-17)19-5-4-6-20(24(19)26-22)25(30)27-13-10-18(11-14-27)16-28-12-3-2-7-23(28)29/h4-6,17-18,26H,2-3,7-16H2,1H3. The zero-order chi connectivity index (χ0) is 20.7. The van der Waals surface area contributed by atoms with Crippen LogP contribution in [0, 0.1) is 11.8 Å². The number of para-hydroxylation sites is 1. The van der Waals surface area contributed by atoms with Crippen LogP contribution in [0.25, 0.3) is 10.9 Å². The average molecular weight is 408 g/mol. The summed E-state index contributed by atoms with van der Waals surface area (Å²) in [5.74, 6) is 1.70. The van der Waals surface area contributed by atoms with Gasteiger partial charge in [0.25, 0.3) is 5.91 Å². The van der Waals surface area contributed by atoms with Gasteiger partial charge < -0.3 is 14.8 Å². The third-order valence-corrected chi connectivity index (χ3v) is 7.50. The summed E-state index contributed by atoms with van der Waals surface area (Å²) in [4.78, 5) is 33.2. The number of aryl methyl sites for hydroxylation is 1. The molecule has 1 aromatic carbocycles. The van der Waals surface area contributed by atoms with Gasteiger partial charge in [-0.1, -0.05) is 19.1 Å². The first kappa shape index (κ1) is 19.7. The van der Waals surface area contributed by atoms with Crippen molar-refractivity contribution in [1.82, 2.24) is 14.8 Å². The molecule has 0 spiro atoms. The fraction of sp³-hybridized carbons (Fsp3) is 0.600. The number of rotatable bonds is 3. The van der Waals surface area contributed by atoms with Gasteiger partial charge in [-0.3, -0.25) is 9.59 Å². The van der Waals surface area contributed by atoms with Gasteiger partial charge in [-0.15, -0.1) is 0 Å². The molecule has 160 valence electrons. The van der Waals surface area contributed by atoms with Crippen LogP contribution in [-0.4, -0.2) is 52.8 Å². The molecule has 0 bridgehead atoms. The number of benzene rings is 1. The summed E-state index contributed by atoms with van der Waals surface area (Å²) < 4.78 is 0. The van der Waals surface area contributed by atoms with Gasteiger partial charge in [0.1, 0.15) is 0 Å². The van der Waals surface area contributed by atoms with E-state index in [1.165, 1.54) is 23.1 Å². The van der Waals surface area contributed by atoms with Gasteiger partial charge in [0.15, 0.2) is 0 Å². The minimum Gasteiger partial charge on any atom is -0.358 e. The molecule has 1 unspecified atom stereocenters. The van der Waals surface area contributed by atoms with Crippen LogP contribution in [-0.2, 0) is 17.6 Å². The minimum absolute atomic E-state index is 0.153. The summed E-state index contributed by atoms with van der Waals surface area (Å²) in [5.41, 5.74) is 4.60. The number of aromatic nitrogens is 1. The fourth-order valence-electron chi connectivity index (χ4n) is 5.65. The van der Waals surface area contributed by atoms with Gasteiger partial charge in [0, 0.05) is 43.7 Å². The highest BCUT2D eigenvalue weighted by molar-refractivity contribution is 6.06. The highest BCUT2D eigenvalue weighted by atomic mass is 16.2. The van der Waals surface area contributed by atoms with E-state index in [4.69, 9.17) is 0 Å². The highest BCUT2D eigenvalue weighted by Crippen LogP contribution is 2.33. The summed E-state index contributed by atoms with van der Waals surface area (Å²) in [7, 11) is 0. The van der Waals surface area contributed by atoms with Crippen LogP contribution in [0.5, 0.6) is 0 Å². The second kappa shape index (κ2) is 8.09. The molecule has 1 aromatic heterocycles. The molecule has 2 aliphatic heterocycles. The maximum Gasteiger partial charge on any atom is 0.255 e. The molecule has 5 nitrogen and oxygen atoms in total. The molecule has 2 saturated heterocycles. The molecule has 5 heteroatoms. The molecule has 1 atom stereocenters. The number of fused-ring (bicyclic) bond motifs is 3. The van der Waals surface area contributed by atoms with E-state index in [9.17, 15) is 9.59 Å². The summed E-state index contributed by atoms with van der Waals surface area (Å²) in [5, 5.41) is 1.24. The molecular weight excluding hydrogens is 374 g/mol. The second-order valence-electron chi connectivity index (χ2n) is 9.69. The van der Waals surface area contributed by atoms with E-state index < -0.39 is 0 Å². The monoisotopic (exact) mass is 407 g/mol. The smallest absolute Gasteiger partial charge is 0.255 e. The molecule has 0 saturated carbocycles. The fourth-order valence-corrected chi connectivity index (χ4v) is 5.65. The van der Waals surface area contributed by atoms with Crippen molar-refractivity contribution in [2.45, 2.75) is 58.3 Å². The van der Waals surface area contributed by atoms with Crippen molar-refractivity contribution in [2.24, 2.45) is 11.8 Å². The van der Waals surface area contributed by atoms with E-state index in [0.29, 0.717) is 24.2 Å². The lowest BCUT2D eigenvalue weighted by Crippen LogP contribution is -2.44. The molecule has 2 fully saturated rings. The van der Waals surface area contributed by atoms with Gasteiger partial charge in [0.05, 0.1) is 11.1 Å². The third kappa shape index (κ3) is 3.63. The molecule has 0 radical (unpaired) electrons. The minimum atomic E-state index is 0.153. The van der Waals surface area contributed by atoms with Gasteiger partial charge in [0.2, 0.25) is 5.91 Å². The predicted molar refractivity (Wildman–Crippen MR) is 119 cm³/mol. The highest BCUT2D eigenvalue weighted by Gasteiger charge is 2.29. The molecule has 2 aromatic rings. The molecule has 1 N–H and O–H groups in total. The first-order valence-electron chi connectivity index (χ1n) is 11.8. The Kier molecular flexibility index (Phi) is 5.30. The lowest BCUT2D eigenvalue weighted by Gasteiger charge is -2.36. The SMILES string of the molecule is CC1CCc2[nH]c3c(C(=O)N4CCC(CN5CCCCC5=O)CC4)cccc3c2C1. The van der Waals surface area contributed by atoms with Gasteiger partial charge >= 0.3 is 0 Å². The van der Waals surface area contributed by atoms with Crippen LogP contribution in [0.4, 0.5) is 0 Å². The van der Waals surface area contributed by atoms with E-state index in [0.717, 1.165) is 75.8 Å². The number of hydrogen-bond donors (Lipinski definition) is 1. The number of aromatic amines is 1. The summed E-state index contributed by atoms with van der Waals surface area (Å²) in [6.07, 6.45) is 8.26. The number of nitrogens with zero attached hydrogens (tertiary/aromatic N) is 2. The summed E-state index contributed by atoms with van der Waals surface area (Å²) in [6.45, 7) is 5.69. The van der Waals surface area contributed by atoms with E-state index in [2.05, 4.69) is 22.9 Å². The maximum absolute atomic E-state index is 13.4. The number of likely N-dealkylation sites (tertiary alicyclic amines) is 2. The second-order valence-corrected chi connectivity index (χ2v) is 9.69. The number of nitrogens with one attached hydrogen (secondary N) is 1. The number of amides is 2. The van der Waals surface area contributed by atoms with Crippen LogP contribution >= 0.6 is 0 Å². The molecule has 1 aliphatic carbocycles. The molecule has 30 heavy (non-hydrogen) atoms. The normalized spacial score (nSPS) is 23.1. The largest absolute Gasteiger partial charge is 0.358 e. The van der Waals surface area contributed by atoms with Crippen molar-refractivity contribution in [3.8, 4) is 0 Å². The van der Waals surface area contributed by atoms with Gasteiger partial charge in [-0.05, 0) is 68.4 Å². The number of carbonyl (C=O) groups excluding carboxylic acids is 2.